The molecular weight excluding hydrogens is 548 g/mol. The molecule has 3 heterocycles. The predicted molar refractivity (Wildman–Crippen MR) is 187 cm³/mol. The number of nitrogens with zero attached hydrogens (tertiary/aromatic N) is 4. The van der Waals surface area contributed by atoms with Crippen molar-refractivity contribution < 1.29 is 0 Å². The molecule has 0 atom stereocenters. The fraction of sp³-hybridized carbons (Fsp3) is 0. The monoisotopic (exact) mass is 574 g/mol. The zero-order chi connectivity index (χ0) is 29.5. The van der Waals surface area contributed by atoms with Crippen LogP contribution in [-0.2, 0) is 0 Å². The third-order valence-corrected chi connectivity index (χ3v) is 9.27. The van der Waals surface area contributed by atoms with Gasteiger partial charge in [0.1, 0.15) is 11.8 Å². The number of aromatic nitrogens is 4. The van der Waals surface area contributed by atoms with Crippen LogP contribution in [0.2, 0.25) is 0 Å². The van der Waals surface area contributed by atoms with Crippen LogP contribution >= 0.6 is 0 Å². The van der Waals surface area contributed by atoms with Gasteiger partial charge in [-0.15, -0.1) is 0 Å². The van der Waals surface area contributed by atoms with Gasteiger partial charge in [-0.05, 0) is 77.5 Å². The van der Waals surface area contributed by atoms with Crippen molar-refractivity contribution in [3.05, 3.63) is 158 Å². The van der Waals surface area contributed by atoms with Crippen molar-refractivity contribution in [3.8, 4) is 17.1 Å². The number of benzene rings is 7. The number of hydrogen-bond acceptors (Lipinski definition) is 1. The Balaban J connectivity index is 1.35. The van der Waals surface area contributed by atoms with Crippen molar-refractivity contribution in [3.63, 3.8) is 0 Å². The highest BCUT2D eigenvalue weighted by Crippen LogP contribution is 2.41. The quantitative estimate of drug-likeness (QED) is 0.206. The Labute approximate surface area is 258 Å². The minimum absolute atomic E-state index is 0.974. The Hall–Kier alpha value is -6.13. The number of rotatable bonds is 3. The third-order valence-electron chi connectivity index (χ3n) is 9.27. The van der Waals surface area contributed by atoms with Crippen LogP contribution in [0.4, 0.5) is 0 Å². The van der Waals surface area contributed by atoms with Crippen molar-refractivity contribution in [1.29, 1.82) is 0 Å². The zero-order valence-electron chi connectivity index (χ0n) is 24.3. The Morgan fingerprint density at radius 1 is 0.378 bits per heavy atom. The van der Waals surface area contributed by atoms with Gasteiger partial charge >= 0.3 is 0 Å². The van der Waals surface area contributed by atoms with Crippen LogP contribution in [0, 0.1) is 0 Å². The summed E-state index contributed by atoms with van der Waals surface area (Å²) in [5.41, 5.74) is 10.1. The number of fused-ring (bicyclic) bond motifs is 8. The average molecular weight is 575 g/mol. The van der Waals surface area contributed by atoms with E-state index in [1.807, 2.05) is 12.4 Å². The molecule has 0 bridgehead atoms. The van der Waals surface area contributed by atoms with Gasteiger partial charge in [-0.1, -0.05) is 84.9 Å². The van der Waals surface area contributed by atoms with E-state index in [-0.39, 0.29) is 0 Å². The predicted octanol–water partition coefficient (Wildman–Crippen LogP) is 10.4. The van der Waals surface area contributed by atoms with Crippen LogP contribution in [0.25, 0.3) is 82.5 Å². The largest absolute Gasteiger partial charge is 0.309 e. The Kier molecular flexibility index (Phi) is 4.96. The van der Waals surface area contributed by atoms with Crippen LogP contribution in [0.5, 0.6) is 0 Å². The van der Waals surface area contributed by atoms with Gasteiger partial charge in [0.15, 0.2) is 0 Å². The summed E-state index contributed by atoms with van der Waals surface area (Å²) >= 11 is 0. The highest BCUT2D eigenvalue weighted by atomic mass is 15.1. The fourth-order valence-corrected chi connectivity index (χ4v) is 7.28. The lowest BCUT2D eigenvalue weighted by atomic mass is 10.0. The second kappa shape index (κ2) is 9.18. The molecule has 0 N–H and O–H groups in total. The molecule has 210 valence electrons. The smallest absolute Gasteiger partial charge is 0.113 e. The summed E-state index contributed by atoms with van der Waals surface area (Å²) in [5, 5.41) is 7.42. The van der Waals surface area contributed by atoms with Crippen molar-refractivity contribution in [1.82, 2.24) is 18.7 Å². The van der Waals surface area contributed by atoms with Crippen LogP contribution in [0.1, 0.15) is 0 Å². The van der Waals surface area contributed by atoms with E-state index >= 15 is 0 Å². The molecule has 3 aromatic heterocycles. The average Bonchev–Trinajstić information content (AvgIpc) is 3.77. The highest BCUT2D eigenvalue weighted by Gasteiger charge is 2.20. The van der Waals surface area contributed by atoms with E-state index in [0.717, 1.165) is 28.1 Å². The van der Waals surface area contributed by atoms with E-state index in [1.165, 1.54) is 54.4 Å². The minimum atomic E-state index is 0.974. The molecule has 0 saturated heterocycles. The van der Waals surface area contributed by atoms with E-state index < -0.39 is 0 Å². The maximum absolute atomic E-state index is 4.99. The van der Waals surface area contributed by atoms with Gasteiger partial charge in [0.25, 0.3) is 0 Å². The summed E-state index contributed by atoms with van der Waals surface area (Å²) in [4.78, 5) is 4.99. The molecule has 7 aromatic carbocycles. The molecule has 0 saturated carbocycles. The van der Waals surface area contributed by atoms with Gasteiger partial charge in [0, 0.05) is 32.9 Å². The standard InChI is InChI=1S/C41H26N4/c1-3-14-29(15-4-1)43-26-42-41-36(43)20-11-21-37(41)45-35-19-10-9-18-31(35)33-24-39-34(25-40(33)45)32-22-27-12-7-8-13-28(27)23-38(32)44(39)30-16-5-2-6-17-30/h1-26H. The molecule has 4 heteroatoms. The van der Waals surface area contributed by atoms with Crippen LogP contribution in [-0.4, -0.2) is 18.7 Å². The van der Waals surface area contributed by atoms with Gasteiger partial charge in [-0.3, -0.25) is 4.57 Å². The molecule has 10 aromatic rings. The molecular formula is C41H26N4. The SMILES string of the molecule is c1ccc(-n2cnc3c(-n4c5ccccc5c5cc6c(cc54)c4cc5ccccc5cc4n6-c4ccccc4)cccc32)cc1. The summed E-state index contributed by atoms with van der Waals surface area (Å²) in [6.45, 7) is 0. The zero-order valence-corrected chi connectivity index (χ0v) is 24.3. The van der Waals surface area contributed by atoms with Gasteiger partial charge in [0.05, 0.1) is 33.3 Å². The first kappa shape index (κ1) is 24.3. The normalized spacial score (nSPS) is 12.0. The lowest BCUT2D eigenvalue weighted by Crippen LogP contribution is -1.96. The van der Waals surface area contributed by atoms with Crippen molar-refractivity contribution in [2.45, 2.75) is 0 Å². The summed E-state index contributed by atoms with van der Waals surface area (Å²) < 4.78 is 7.00. The topological polar surface area (TPSA) is 27.7 Å². The van der Waals surface area contributed by atoms with E-state index in [2.05, 4.69) is 159 Å². The summed E-state index contributed by atoms with van der Waals surface area (Å²) in [6, 6.07) is 54.5. The second-order valence-corrected chi connectivity index (χ2v) is 11.7. The summed E-state index contributed by atoms with van der Waals surface area (Å²) in [5.74, 6) is 0. The van der Waals surface area contributed by atoms with Gasteiger partial charge in [-0.25, -0.2) is 4.98 Å². The van der Waals surface area contributed by atoms with E-state index in [0.29, 0.717) is 0 Å². The summed E-state index contributed by atoms with van der Waals surface area (Å²) in [6.07, 6.45) is 1.94. The lowest BCUT2D eigenvalue weighted by molar-refractivity contribution is 1.09. The van der Waals surface area contributed by atoms with Crippen LogP contribution in [0.15, 0.2) is 158 Å². The highest BCUT2D eigenvalue weighted by molar-refractivity contribution is 6.20. The van der Waals surface area contributed by atoms with Crippen molar-refractivity contribution in [2.24, 2.45) is 0 Å². The third kappa shape index (κ3) is 3.45. The van der Waals surface area contributed by atoms with Crippen LogP contribution < -0.4 is 0 Å². The number of imidazole rings is 1. The van der Waals surface area contributed by atoms with Gasteiger partial charge in [-0.2, -0.15) is 0 Å². The maximum Gasteiger partial charge on any atom is 0.113 e. The Bertz CT molecular complexity index is 2750. The lowest BCUT2D eigenvalue weighted by Gasteiger charge is -2.10. The van der Waals surface area contributed by atoms with Gasteiger partial charge < -0.3 is 9.13 Å². The van der Waals surface area contributed by atoms with E-state index in [4.69, 9.17) is 4.98 Å². The molecule has 4 nitrogen and oxygen atoms in total. The molecule has 0 aliphatic heterocycles. The molecule has 0 aliphatic carbocycles. The summed E-state index contributed by atoms with van der Waals surface area (Å²) in [7, 11) is 0. The number of hydrogen-bond donors (Lipinski definition) is 0. The molecule has 0 spiro atoms. The van der Waals surface area contributed by atoms with E-state index in [1.54, 1.807) is 0 Å². The van der Waals surface area contributed by atoms with E-state index in [9.17, 15) is 0 Å². The number of para-hydroxylation sites is 4. The molecule has 0 radical (unpaired) electrons. The molecule has 0 aliphatic rings. The van der Waals surface area contributed by atoms with Gasteiger partial charge in [0.2, 0.25) is 0 Å². The Morgan fingerprint density at radius 2 is 0.956 bits per heavy atom. The van der Waals surface area contributed by atoms with Crippen molar-refractivity contribution in [2.75, 3.05) is 0 Å². The first-order valence-electron chi connectivity index (χ1n) is 15.3. The maximum atomic E-state index is 4.99. The van der Waals surface area contributed by atoms with Crippen LogP contribution in [0.3, 0.4) is 0 Å². The first-order chi connectivity index (χ1) is 22.3. The molecule has 0 amide bonds. The fourth-order valence-electron chi connectivity index (χ4n) is 7.28. The molecule has 10 rings (SSSR count). The van der Waals surface area contributed by atoms with Crippen molar-refractivity contribution >= 4 is 65.4 Å². The first-order valence-corrected chi connectivity index (χ1v) is 15.3. The minimum Gasteiger partial charge on any atom is -0.309 e. The second-order valence-electron chi connectivity index (χ2n) is 11.7. The molecule has 0 unspecified atom stereocenters. The molecule has 0 fully saturated rings. The Morgan fingerprint density at radius 3 is 1.76 bits per heavy atom. The molecule has 45 heavy (non-hydrogen) atoms.